The van der Waals surface area contributed by atoms with Crippen LogP contribution < -0.4 is 43.3 Å². The summed E-state index contributed by atoms with van der Waals surface area (Å²) in [5.74, 6) is 0. The highest BCUT2D eigenvalue weighted by atomic mass is 31.2. The Morgan fingerprint density at radius 3 is 0.891 bits per heavy atom. The van der Waals surface area contributed by atoms with Crippen molar-refractivity contribution in [3.05, 3.63) is 193 Å². The lowest BCUT2D eigenvalue weighted by Gasteiger charge is -2.23. The molecule has 0 saturated carbocycles. The Kier molecular flexibility index (Phi) is 9.04. The van der Waals surface area contributed by atoms with Gasteiger partial charge in [-0.3, -0.25) is 0 Å². The number of nitrogens with two attached hydrogens (primary N) is 2. The first kappa shape index (κ1) is 30.9. The second kappa shape index (κ2) is 13.5. The van der Waals surface area contributed by atoms with Crippen molar-refractivity contribution >= 4 is 57.5 Å². The molecule has 0 radical (unpaired) electrons. The number of hydrogen-bond acceptors (Lipinski definition) is 4. The van der Waals surface area contributed by atoms with E-state index in [1.165, 1.54) is 0 Å². The maximum Gasteiger partial charge on any atom is 0.171 e. The van der Waals surface area contributed by atoms with Crippen LogP contribution in [0.25, 0.3) is 11.4 Å². The first-order valence-corrected chi connectivity index (χ1v) is 18.4. The van der Waals surface area contributed by atoms with E-state index in [0.29, 0.717) is 33.1 Å². The second-order valence-electron chi connectivity index (χ2n) is 10.8. The molecule has 6 heteroatoms. The number of hydrogen-bond donors (Lipinski definition) is 2. The number of allylic oxidation sites excluding steroid dienone is 2. The maximum absolute atomic E-state index is 15.2. The topological polar surface area (TPSA) is 86.2 Å². The zero-order valence-electron chi connectivity index (χ0n) is 25.2. The zero-order chi connectivity index (χ0) is 32.0. The molecule has 0 unspecified atom stereocenters. The van der Waals surface area contributed by atoms with Crippen LogP contribution in [0.1, 0.15) is 11.1 Å². The molecule has 0 spiro atoms. The van der Waals surface area contributed by atoms with Gasteiger partial charge in [0.05, 0.1) is 0 Å². The highest BCUT2D eigenvalue weighted by Gasteiger charge is 2.33. The van der Waals surface area contributed by atoms with E-state index < -0.39 is 14.3 Å². The summed E-state index contributed by atoms with van der Waals surface area (Å²) in [4.78, 5) is 0. The second-order valence-corrected chi connectivity index (χ2v) is 16.3. The molecule has 6 aromatic carbocycles. The Hall–Kier alpha value is -5.14. The lowest BCUT2D eigenvalue weighted by molar-refractivity contribution is 0.591. The third kappa shape index (κ3) is 5.82. The van der Waals surface area contributed by atoms with Gasteiger partial charge in [0, 0.05) is 54.3 Å². The van der Waals surface area contributed by atoms with Crippen LogP contribution in [0.15, 0.2) is 182 Å². The average Bonchev–Trinajstić information content (AvgIpc) is 3.14. The van der Waals surface area contributed by atoms with Crippen LogP contribution in [0.2, 0.25) is 0 Å². The molecule has 6 rings (SSSR count). The summed E-state index contributed by atoms with van der Waals surface area (Å²) in [6.07, 6.45) is 3.47. The third-order valence-electron chi connectivity index (χ3n) is 8.03. The molecule has 0 amide bonds. The van der Waals surface area contributed by atoms with Crippen molar-refractivity contribution in [3.8, 4) is 0 Å². The summed E-state index contributed by atoms with van der Waals surface area (Å²) in [5, 5.41) is 4.19. The Labute approximate surface area is 270 Å². The predicted molar refractivity (Wildman–Crippen MR) is 196 cm³/mol. The minimum atomic E-state index is -3.28. The van der Waals surface area contributed by atoms with E-state index in [2.05, 4.69) is 0 Å². The van der Waals surface area contributed by atoms with E-state index in [1.807, 2.05) is 170 Å². The molecule has 46 heavy (non-hydrogen) atoms. The lowest BCUT2D eigenvalue weighted by Crippen LogP contribution is -2.28. The van der Waals surface area contributed by atoms with Crippen LogP contribution in [-0.2, 0) is 9.13 Å². The fraction of sp³-hybridized carbons (Fsp3) is 0. The fourth-order valence-electron chi connectivity index (χ4n) is 5.75. The van der Waals surface area contributed by atoms with Gasteiger partial charge in [0.2, 0.25) is 0 Å². The first-order chi connectivity index (χ1) is 22.4. The van der Waals surface area contributed by atoms with Crippen molar-refractivity contribution in [2.45, 2.75) is 0 Å². The van der Waals surface area contributed by atoms with Crippen LogP contribution in [0.5, 0.6) is 0 Å². The molecule has 6 aromatic rings. The zero-order valence-corrected chi connectivity index (χ0v) is 27.0. The molecule has 4 N–H and O–H groups in total. The predicted octanol–water partition coefficient (Wildman–Crippen LogP) is 6.26. The molecule has 0 saturated heterocycles. The van der Waals surface area contributed by atoms with Crippen LogP contribution in [0, 0.1) is 0 Å². The number of benzene rings is 6. The monoisotopic (exact) mass is 636 g/mol. The molecular formula is C40H34N2O2P2. The van der Waals surface area contributed by atoms with Crippen molar-refractivity contribution in [3.63, 3.8) is 0 Å². The van der Waals surface area contributed by atoms with E-state index in [9.17, 15) is 0 Å². The van der Waals surface area contributed by atoms with Gasteiger partial charge in [0.15, 0.2) is 14.3 Å². The van der Waals surface area contributed by atoms with E-state index in [0.717, 1.165) is 21.2 Å². The standard InChI is InChI=1S/C40H34N2O2P2/c41-37(35-25-13-15-27-39(35)45(43,31-17-5-1-6-18-31)32-19-7-2-8-20-32)29-30-38(42)36-26-14-16-28-40(36)46(44,33-21-9-3-10-22-33)34-23-11-4-12-24-34/h1-30H,41-42H2/b37-29-,38-30-. The molecule has 0 aliphatic carbocycles. The molecular weight excluding hydrogens is 602 g/mol. The van der Waals surface area contributed by atoms with Gasteiger partial charge >= 0.3 is 0 Å². The minimum absolute atomic E-state index is 0.414. The first-order valence-electron chi connectivity index (χ1n) is 15.0. The smallest absolute Gasteiger partial charge is 0.171 e. The summed E-state index contributed by atoms with van der Waals surface area (Å²) in [6, 6.07) is 53.1. The molecule has 0 bridgehead atoms. The van der Waals surface area contributed by atoms with Crippen molar-refractivity contribution in [2.75, 3.05) is 0 Å². The van der Waals surface area contributed by atoms with Gasteiger partial charge in [0.1, 0.15) is 0 Å². The van der Waals surface area contributed by atoms with E-state index >= 15 is 9.13 Å². The molecule has 0 aromatic heterocycles. The van der Waals surface area contributed by atoms with Crippen molar-refractivity contribution in [1.82, 2.24) is 0 Å². The fourth-order valence-corrected chi connectivity index (χ4v) is 11.5. The van der Waals surface area contributed by atoms with Gasteiger partial charge in [-0.25, -0.2) is 0 Å². The van der Waals surface area contributed by atoms with Crippen LogP contribution in [0.4, 0.5) is 0 Å². The van der Waals surface area contributed by atoms with E-state index in [4.69, 9.17) is 11.5 Å². The Bertz CT molecular complexity index is 1870. The van der Waals surface area contributed by atoms with Crippen LogP contribution >= 0.6 is 14.3 Å². The van der Waals surface area contributed by atoms with Crippen molar-refractivity contribution < 1.29 is 9.13 Å². The Morgan fingerprint density at radius 1 is 0.370 bits per heavy atom. The average molecular weight is 637 g/mol. The molecule has 0 fully saturated rings. The van der Waals surface area contributed by atoms with Gasteiger partial charge in [-0.15, -0.1) is 0 Å². The van der Waals surface area contributed by atoms with Gasteiger partial charge in [-0.2, -0.15) is 0 Å². The summed E-state index contributed by atoms with van der Waals surface area (Å²) in [6.45, 7) is 0. The highest BCUT2D eigenvalue weighted by molar-refractivity contribution is 7.85. The largest absolute Gasteiger partial charge is 0.398 e. The summed E-state index contributed by atoms with van der Waals surface area (Å²) < 4.78 is 30.3. The molecule has 0 heterocycles. The van der Waals surface area contributed by atoms with Gasteiger partial charge in [-0.05, 0) is 12.2 Å². The van der Waals surface area contributed by atoms with Gasteiger partial charge in [0.25, 0.3) is 0 Å². The van der Waals surface area contributed by atoms with Crippen LogP contribution in [-0.4, -0.2) is 0 Å². The van der Waals surface area contributed by atoms with Gasteiger partial charge in [-0.1, -0.05) is 170 Å². The summed E-state index contributed by atoms with van der Waals surface area (Å²) in [5.41, 5.74) is 15.7. The minimum Gasteiger partial charge on any atom is -0.398 e. The Morgan fingerprint density at radius 2 is 0.609 bits per heavy atom. The normalized spacial score (nSPS) is 12.5. The highest BCUT2D eigenvalue weighted by Crippen LogP contribution is 2.45. The summed E-state index contributed by atoms with van der Waals surface area (Å²) in [7, 11) is -6.56. The lowest BCUT2D eigenvalue weighted by atomic mass is 10.1. The van der Waals surface area contributed by atoms with E-state index in [-0.39, 0.29) is 0 Å². The SMILES string of the molecule is N/C(=C\C=C(/N)c1ccccc1P(=O)(c1ccccc1)c1ccccc1)c1ccccc1P(=O)(c1ccccc1)c1ccccc1. The molecule has 4 nitrogen and oxygen atoms in total. The molecule has 0 aliphatic rings. The third-order valence-corrected chi connectivity index (χ3v) is 14.3. The van der Waals surface area contributed by atoms with E-state index in [1.54, 1.807) is 12.2 Å². The molecule has 0 aliphatic heterocycles. The van der Waals surface area contributed by atoms with Crippen molar-refractivity contribution in [2.24, 2.45) is 11.5 Å². The Balaban J connectivity index is 1.46. The van der Waals surface area contributed by atoms with Crippen molar-refractivity contribution in [1.29, 1.82) is 0 Å². The molecule has 0 atom stereocenters. The van der Waals surface area contributed by atoms with Crippen LogP contribution in [0.3, 0.4) is 0 Å². The van der Waals surface area contributed by atoms with Gasteiger partial charge < -0.3 is 20.6 Å². The quantitative estimate of drug-likeness (QED) is 0.145. The summed E-state index contributed by atoms with van der Waals surface area (Å²) >= 11 is 0. The molecule has 226 valence electrons. The maximum atomic E-state index is 15.2. The number of rotatable bonds is 9.